The van der Waals surface area contributed by atoms with E-state index in [2.05, 4.69) is 0 Å². The van der Waals surface area contributed by atoms with E-state index >= 15 is 0 Å². The lowest BCUT2D eigenvalue weighted by atomic mass is 10.0. The lowest BCUT2D eigenvalue weighted by Crippen LogP contribution is -2.03. The van der Waals surface area contributed by atoms with Crippen molar-refractivity contribution in [1.29, 1.82) is 0 Å². The summed E-state index contributed by atoms with van der Waals surface area (Å²) in [5, 5.41) is 20.3. The topological polar surface area (TPSA) is 97.0 Å². The van der Waals surface area contributed by atoms with Crippen LogP contribution in [-0.4, -0.2) is 23.1 Å². The summed E-state index contributed by atoms with van der Waals surface area (Å²) < 4.78 is 10.2. The zero-order valence-corrected chi connectivity index (χ0v) is 14.1. The van der Waals surface area contributed by atoms with Gasteiger partial charge in [-0.3, -0.25) is 4.79 Å². The van der Waals surface area contributed by atoms with Crippen molar-refractivity contribution in [2.75, 3.05) is 7.11 Å². The van der Waals surface area contributed by atoms with E-state index in [1.54, 1.807) is 25.1 Å². The van der Waals surface area contributed by atoms with E-state index in [9.17, 15) is 19.8 Å². The molecule has 0 aliphatic rings. The first-order chi connectivity index (χ1) is 12.4. The van der Waals surface area contributed by atoms with Crippen LogP contribution in [0.15, 0.2) is 51.7 Å². The fraction of sp³-hybridized carbons (Fsp3) is 0.100. The van der Waals surface area contributed by atoms with Crippen molar-refractivity contribution in [3.8, 4) is 17.2 Å². The molecule has 1 heterocycles. The maximum atomic E-state index is 12.6. The number of hydrogen-bond acceptors (Lipinski definition) is 6. The summed E-state index contributed by atoms with van der Waals surface area (Å²) in [4.78, 5) is 24.3. The second-order valence-corrected chi connectivity index (χ2v) is 5.71. The molecule has 0 aliphatic heterocycles. The number of aryl methyl sites for hydroxylation is 1. The number of benzene rings is 2. The van der Waals surface area contributed by atoms with E-state index in [0.29, 0.717) is 16.5 Å². The highest BCUT2D eigenvalue weighted by molar-refractivity contribution is 6.15. The van der Waals surface area contributed by atoms with Crippen LogP contribution in [0.5, 0.6) is 17.2 Å². The van der Waals surface area contributed by atoms with Crippen LogP contribution < -0.4 is 10.4 Å². The molecule has 0 spiro atoms. The Morgan fingerprint density at radius 3 is 2.58 bits per heavy atom. The van der Waals surface area contributed by atoms with Crippen LogP contribution in [-0.2, 0) is 0 Å². The maximum Gasteiger partial charge on any atom is 0.336 e. The first-order valence-electron chi connectivity index (χ1n) is 7.76. The van der Waals surface area contributed by atoms with Crippen molar-refractivity contribution >= 4 is 22.8 Å². The van der Waals surface area contributed by atoms with Crippen molar-refractivity contribution in [2.24, 2.45) is 0 Å². The summed E-state index contributed by atoms with van der Waals surface area (Å²) in [7, 11) is 1.42. The minimum Gasteiger partial charge on any atom is -0.507 e. The molecule has 0 atom stereocenters. The molecular weight excluding hydrogens is 336 g/mol. The Bertz CT molecular complexity index is 1090. The number of carbonyl (C=O) groups is 1. The minimum atomic E-state index is -0.595. The Morgan fingerprint density at radius 2 is 1.85 bits per heavy atom. The Balaban J connectivity index is 2.05. The first-order valence-corrected chi connectivity index (χ1v) is 7.76. The average molecular weight is 352 g/mol. The van der Waals surface area contributed by atoms with Gasteiger partial charge in [-0.25, -0.2) is 4.79 Å². The SMILES string of the molecule is COc1cc(/C=C/C(=O)c2c(O)ccc3c(C)cc(=O)oc23)ccc1O. The molecule has 0 radical (unpaired) electrons. The van der Waals surface area contributed by atoms with Gasteiger partial charge in [0.1, 0.15) is 11.3 Å². The number of carbonyl (C=O) groups excluding carboxylic acids is 1. The third kappa shape index (κ3) is 3.17. The van der Waals surface area contributed by atoms with Crippen LogP contribution in [0.3, 0.4) is 0 Å². The largest absolute Gasteiger partial charge is 0.507 e. The number of ketones is 1. The molecule has 6 nitrogen and oxygen atoms in total. The van der Waals surface area contributed by atoms with E-state index < -0.39 is 11.4 Å². The predicted octanol–water partition coefficient (Wildman–Crippen LogP) is 3.42. The Hall–Kier alpha value is -3.54. The van der Waals surface area contributed by atoms with Gasteiger partial charge >= 0.3 is 5.63 Å². The van der Waals surface area contributed by atoms with Gasteiger partial charge in [0.25, 0.3) is 0 Å². The quantitative estimate of drug-likeness (QED) is 0.424. The molecule has 132 valence electrons. The standard InChI is InChI=1S/C20H16O6/c1-11-9-18(24)26-20-13(11)5-8-16(23)19(20)15(22)7-4-12-3-6-14(21)17(10-12)25-2/h3-10,21,23H,1-2H3/b7-4+. The first kappa shape index (κ1) is 17.3. The molecule has 0 fully saturated rings. The lowest BCUT2D eigenvalue weighted by Gasteiger charge is -2.07. The second-order valence-electron chi connectivity index (χ2n) is 5.71. The van der Waals surface area contributed by atoms with Crippen molar-refractivity contribution in [2.45, 2.75) is 6.92 Å². The van der Waals surface area contributed by atoms with Crippen LogP contribution in [0.1, 0.15) is 21.5 Å². The Morgan fingerprint density at radius 1 is 1.12 bits per heavy atom. The zero-order chi connectivity index (χ0) is 18.8. The zero-order valence-electron chi connectivity index (χ0n) is 14.1. The maximum absolute atomic E-state index is 12.6. The summed E-state index contributed by atoms with van der Waals surface area (Å²) in [5.74, 6) is -0.535. The van der Waals surface area contributed by atoms with Crippen LogP contribution >= 0.6 is 0 Å². The third-order valence-electron chi connectivity index (χ3n) is 3.97. The van der Waals surface area contributed by atoms with E-state index in [-0.39, 0.29) is 28.4 Å². The van der Waals surface area contributed by atoms with Gasteiger partial charge < -0.3 is 19.4 Å². The Labute approximate surface area is 148 Å². The highest BCUT2D eigenvalue weighted by Crippen LogP contribution is 2.30. The number of methoxy groups -OCH3 is 1. The molecule has 0 unspecified atom stereocenters. The number of hydrogen-bond donors (Lipinski definition) is 2. The lowest BCUT2D eigenvalue weighted by molar-refractivity contribution is 0.104. The van der Waals surface area contributed by atoms with Crippen LogP contribution in [0.4, 0.5) is 0 Å². The molecule has 0 amide bonds. The average Bonchev–Trinajstić information content (AvgIpc) is 2.60. The monoisotopic (exact) mass is 352 g/mol. The molecule has 2 N–H and O–H groups in total. The van der Waals surface area contributed by atoms with E-state index in [1.807, 2.05) is 0 Å². The van der Waals surface area contributed by atoms with Crippen LogP contribution in [0.25, 0.3) is 17.0 Å². The summed E-state index contributed by atoms with van der Waals surface area (Å²) in [6.45, 7) is 1.73. The fourth-order valence-corrected chi connectivity index (χ4v) is 2.66. The van der Waals surface area contributed by atoms with Gasteiger partial charge in [0.2, 0.25) is 0 Å². The summed E-state index contributed by atoms with van der Waals surface area (Å²) in [6.07, 6.45) is 2.76. The minimum absolute atomic E-state index is 0.0140. The number of phenolic OH excluding ortho intramolecular Hbond substituents is 2. The fourth-order valence-electron chi connectivity index (χ4n) is 2.66. The van der Waals surface area contributed by atoms with Gasteiger partial charge in [-0.1, -0.05) is 12.1 Å². The number of fused-ring (bicyclic) bond motifs is 1. The third-order valence-corrected chi connectivity index (χ3v) is 3.97. The molecule has 0 bridgehead atoms. The van der Waals surface area contributed by atoms with Gasteiger partial charge in [-0.05, 0) is 48.4 Å². The van der Waals surface area contributed by atoms with Crippen molar-refractivity contribution in [3.05, 3.63) is 69.6 Å². The molecule has 6 heteroatoms. The van der Waals surface area contributed by atoms with E-state index in [0.717, 1.165) is 0 Å². The number of aromatic hydroxyl groups is 2. The van der Waals surface area contributed by atoms with Crippen LogP contribution in [0.2, 0.25) is 0 Å². The summed E-state index contributed by atoms with van der Waals surface area (Å²) >= 11 is 0. The molecule has 1 aromatic heterocycles. The number of rotatable bonds is 4. The molecule has 3 rings (SSSR count). The molecule has 2 aromatic carbocycles. The molecular formula is C20H16O6. The Kier molecular flexibility index (Phi) is 4.49. The normalized spacial score (nSPS) is 11.2. The number of allylic oxidation sites excluding steroid dienone is 1. The smallest absolute Gasteiger partial charge is 0.336 e. The van der Waals surface area contributed by atoms with Gasteiger partial charge in [0, 0.05) is 11.5 Å². The van der Waals surface area contributed by atoms with Crippen molar-refractivity contribution in [1.82, 2.24) is 0 Å². The van der Waals surface area contributed by atoms with Crippen molar-refractivity contribution < 1.29 is 24.2 Å². The number of phenols is 2. The van der Waals surface area contributed by atoms with Gasteiger partial charge in [0.15, 0.2) is 22.9 Å². The van der Waals surface area contributed by atoms with Gasteiger partial charge in [-0.2, -0.15) is 0 Å². The van der Waals surface area contributed by atoms with E-state index in [4.69, 9.17) is 9.15 Å². The highest BCUT2D eigenvalue weighted by atomic mass is 16.5. The molecule has 0 saturated carbocycles. The van der Waals surface area contributed by atoms with Crippen molar-refractivity contribution in [3.63, 3.8) is 0 Å². The molecule has 3 aromatic rings. The number of ether oxygens (including phenoxy) is 1. The second kappa shape index (κ2) is 6.76. The molecule has 26 heavy (non-hydrogen) atoms. The van der Waals surface area contributed by atoms with Gasteiger partial charge in [-0.15, -0.1) is 0 Å². The van der Waals surface area contributed by atoms with E-state index in [1.165, 1.54) is 37.5 Å². The predicted molar refractivity (Wildman–Crippen MR) is 96.9 cm³/mol. The summed E-state index contributed by atoms with van der Waals surface area (Å²) in [5.41, 5.74) is 0.642. The van der Waals surface area contributed by atoms with Gasteiger partial charge in [0.05, 0.1) is 7.11 Å². The summed E-state index contributed by atoms with van der Waals surface area (Å²) in [6, 6.07) is 8.92. The van der Waals surface area contributed by atoms with Crippen LogP contribution in [0, 0.1) is 6.92 Å². The molecule has 0 saturated heterocycles. The molecule has 0 aliphatic carbocycles. The highest BCUT2D eigenvalue weighted by Gasteiger charge is 2.17.